The zero-order valence-corrected chi connectivity index (χ0v) is 9.93. The van der Waals surface area contributed by atoms with Crippen LogP contribution in [0.5, 0.6) is 5.75 Å². The normalized spacial score (nSPS) is 16.7. The summed E-state index contributed by atoms with van der Waals surface area (Å²) < 4.78 is 0. The molecular formula is C12H12ClNO2. The lowest BCUT2D eigenvalue weighted by Crippen LogP contribution is -2.04. The molecule has 1 aliphatic carbocycles. The average Bonchev–Trinajstić information content (AvgIpc) is 3.02. The first-order valence-corrected chi connectivity index (χ1v) is 5.48. The van der Waals surface area contributed by atoms with Gasteiger partial charge in [0.15, 0.2) is 0 Å². The minimum Gasteiger partial charge on any atom is -0.506 e. The Kier molecular flexibility index (Phi) is 2.53. The average molecular weight is 238 g/mol. The molecule has 1 fully saturated rings. The molecule has 0 saturated heterocycles. The Morgan fingerprint density at radius 2 is 2.12 bits per heavy atom. The standard InChI is InChI=1S/C12H12ClNO2/c1-7-5-9(11(16)10(13)8(7)2)12(3-4-12)14-6-15/h5,16H,3-4H2,1-2H3. The number of phenolic OH excluding ortho intramolecular Hbond substituents is 1. The van der Waals surface area contributed by atoms with Crippen LogP contribution in [0, 0.1) is 13.8 Å². The van der Waals surface area contributed by atoms with Gasteiger partial charge in [-0.1, -0.05) is 11.6 Å². The molecule has 3 nitrogen and oxygen atoms in total. The lowest BCUT2D eigenvalue weighted by Gasteiger charge is -2.15. The van der Waals surface area contributed by atoms with Crippen molar-refractivity contribution in [3.8, 4) is 5.75 Å². The second-order valence-corrected chi connectivity index (χ2v) is 4.64. The first kappa shape index (κ1) is 11.2. The highest BCUT2D eigenvalue weighted by Crippen LogP contribution is 2.54. The van der Waals surface area contributed by atoms with E-state index in [1.807, 2.05) is 19.9 Å². The molecule has 0 spiro atoms. The number of aryl methyl sites for hydroxylation is 1. The molecular weight excluding hydrogens is 226 g/mol. The Morgan fingerprint density at radius 3 is 2.62 bits per heavy atom. The maximum atomic E-state index is 10.4. The van der Waals surface area contributed by atoms with Gasteiger partial charge >= 0.3 is 0 Å². The highest BCUT2D eigenvalue weighted by atomic mass is 35.5. The maximum absolute atomic E-state index is 10.4. The number of phenols is 1. The summed E-state index contributed by atoms with van der Waals surface area (Å²) >= 11 is 6.03. The van der Waals surface area contributed by atoms with Gasteiger partial charge in [0, 0.05) is 5.56 Å². The minimum atomic E-state index is -0.575. The molecule has 0 bridgehead atoms. The van der Waals surface area contributed by atoms with E-state index in [1.165, 1.54) is 0 Å². The summed E-state index contributed by atoms with van der Waals surface area (Å²) in [7, 11) is 0. The molecule has 0 heterocycles. The number of isocyanates is 1. The first-order chi connectivity index (χ1) is 7.52. The minimum absolute atomic E-state index is 0.0428. The van der Waals surface area contributed by atoms with Crippen LogP contribution in [0.4, 0.5) is 0 Å². The summed E-state index contributed by atoms with van der Waals surface area (Å²) in [5.74, 6) is 0.0428. The fourth-order valence-corrected chi connectivity index (χ4v) is 2.11. The van der Waals surface area contributed by atoms with Crippen LogP contribution in [0.1, 0.15) is 29.5 Å². The Bertz CT molecular complexity index is 500. The Hall–Kier alpha value is -1.31. The van der Waals surface area contributed by atoms with Crippen molar-refractivity contribution in [3.63, 3.8) is 0 Å². The Balaban J connectivity index is 2.63. The summed E-state index contributed by atoms with van der Waals surface area (Å²) in [6.45, 7) is 3.77. The summed E-state index contributed by atoms with van der Waals surface area (Å²) in [6.07, 6.45) is 3.09. The van der Waals surface area contributed by atoms with Gasteiger partial charge in [0.25, 0.3) is 0 Å². The van der Waals surface area contributed by atoms with E-state index in [9.17, 15) is 9.90 Å². The quantitative estimate of drug-likeness (QED) is 0.635. The number of halogens is 1. The highest BCUT2D eigenvalue weighted by molar-refractivity contribution is 6.33. The van der Waals surface area contributed by atoms with Gasteiger partial charge in [0.2, 0.25) is 6.08 Å². The van der Waals surface area contributed by atoms with Gasteiger partial charge in [-0.05, 0) is 43.9 Å². The molecule has 0 aromatic heterocycles. The van der Waals surface area contributed by atoms with Crippen LogP contribution >= 0.6 is 11.6 Å². The van der Waals surface area contributed by atoms with Gasteiger partial charge in [-0.25, -0.2) is 4.79 Å². The smallest absolute Gasteiger partial charge is 0.235 e. The van der Waals surface area contributed by atoms with Crippen LogP contribution in [-0.2, 0) is 10.3 Å². The zero-order chi connectivity index (χ0) is 11.9. The molecule has 2 rings (SSSR count). The van der Waals surface area contributed by atoms with E-state index in [1.54, 1.807) is 6.08 Å². The lowest BCUT2D eigenvalue weighted by molar-refractivity contribution is 0.459. The summed E-state index contributed by atoms with van der Waals surface area (Å²) in [5.41, 5.74) is 1.91. The second-order valence-electron chi connectivity index (χ2n) is 4.26. The monoisotopic (exact) mass is 237 g/mol. The predicted octanol–water partition coefficient (Wildman–Crippen LogP) is 2.99. The largest absolute Gasteiger partial charge is 0.506 e. The summed E-state index contributed by atoms with van der Waals surface area (Å²) in [4.78, 5) is 14.2. The Morgan fingerprint density at radius 1 is 1.50 bits per heavy atom. The van der Waals surface area contributed by atoms with Crippen molar-refractivity contribution in [2.45, 2.75) is 32.2 Å². The highest BCUT2D eigenvalue weighted by Gasteiger charge is 2.47. The van der Waals surface area contributed by atoms with Crippen LogP contribution in [-0.4, -0.2) is 11.2 Å². The van der Waals surface area contributed by atoms with E-state index >= 15 is 0 Å². The third-order valence-corrected chi connectivity index (χ3v) is 3.69. The number of nitrogens with zero attached hydrogens (tertiary/aromatic N) is 1. The number of benzene rings is 1. The van der Waals surface area contributed by atoms with Crippen molar-refractivity contribution in [1.29, 1.82) is 0 Å². The van der Waals surface area contributed by atoms with Gasteiger partial charge < -0.3 is 5.11 Å². The zero-order valence-electron chi connectivity index (χ0n) is 9.17. The molecule has 1 saturated carbocycles. The van der Waals surface area contributed by atoms with Gasteiger partial charge in [-0.3, -0.25) is 0 Å². The van der Waals surface area contributed by atoms with Crippen LogP contribution in [0.2, 0.25) is 5.02 Å². The number of hydrogen-bond acceptors (Lipinski definition) is 3. The van der Waals surface area contributed by atoms with Gasteiger partial charge in [0.05, 0.1) is 5.02 Å². The molecule has 1 aliphatic rings. The van der Waals surface area contributed by atoms with Crippen molar-refractivity contribution >= 4 is 17.7 Å². The molecule has 0 amide bonds. The fourth-order valence-electron chi connectivity index (χ4n) is 1.86. The summed E-state index contributed by atoms with van der Waals surface area (Å²) in [6, 6.07) is 1.85. The molecule has 0 unspecified atom stereocenters. The van der Waals surface area contributed by atoms with E-state index in [0.717, 1.165) is 24.0 Å². The van der Waals surface area contributed by atoms with E-state index in [0.29, 0.717) is 10.6 Å². The molecule has 4 heteroatoms. The second kappa shape index (κ2) is 3.62. The Labute approximate surface area is 98.8 Å². The number of aromatic hydroxyl groups is 1. The molecule has 0 radical (unpaired) electrons. The van der Waals surface area contributed by atoms with E-state index in [-0.39, 0.29) is 5.75 Å². The lowest BCUT2D eigenvalue weighted by atomic mass is 9.98. The van der Waals surface area contributed by atoms with Crippen molar-refractivity contribution in [1.82, 2.24) is 0 Å². The molecule has 1 N–H and O–H groups in total. The topological polar surface area (TPSA) is 49.7 Å². The molecule has 0 aliphatic heterocycles. The van der Waals surface area contributed by atoms with Gasteiger partial charge in [0.1, 0.15) is 11.3 Å². The summed E-state index contributed by atoms with van der Waals surface area (Å²) in [5, 5.41) is 10.3. The molecule has 1 aromatic carbocycles. The number of rotatable bonds is 2. The number of aliphatic imine (C=N–C) groups is 1. The SMILES string of the molecule is Cc1cc(C2(N=C=O)CC2)c(O)c(Cl)c1C. The van der Waals surface area contributed by atoms with Crippen LogP contribution < -0.4 is 0 Å². The van der Waals surface area contributed by atoms with Crippen molar-refractivity contribution in [2.75, 3.05) is 0 Å². The van der Waals surface area contributed by atoms with Crippen molar-refractivity contribution in [3.05, 3.63) is 27.8 Å². The van der Waals surface area contributed by atoms with Gasteiger partial charge in [-0.15, -0.1) is 0 Å². The molecule has 1 aromatic rings. The molecule has 16 heavy (non-hydrogen) atoms. The number of hydrogen-bond donors (Lipinski definition) is 1. The fraction of sp³-hybridized carbons (Fsp3) is 0.417. The van der Waals surface area contributed by atoms with Crippen molar-refractivity contribution in [2.24, 2.45) is 4.99 Å². The third kappa shape index (κ3) is 1.53. The van der Waals surface area contributed by atoms with Crippen LogP contribution in [0.3, 0.4) is 0 Å². The van der Waals surface area contributed by atoms with E-state index < -0.39 is 5.54 Å². The first-order valence-electron chi connectivity index (χ1n) is 5.10. The number of carbonyl (C=O) groups excluding carboxylic acids is 1. The van der Waals surface area contributed by atoms with Crippen LogP contribution in [0.25, 0.3) is 0 Å². The maximum Gasteiger partial charge on any atom is 0.235 e. The van der Waals surface area contributed by atoms with E-state index in [2.05, 4.69) is 4.99 Å². The van der Waals surface area contributed by atoms with Crippen LogP contribution in [0.15, 0.2) is 11.1 Å². The predicted molar refractivity (Wildman–Crippen MR) is 61.6 cm³/mol. The molecule has 0 atom stereocenters. The third-order valence-electron chi connectivity index (χ3n) is 3.23. The van der Waals surface area contributed by atoms with Crippen molar-refractivity contribution < 1.29 is 9.90 Å². The van der Waals surface area contributed by atoms with E-state index in [4.69, 9.17) is 11.6 Å². The van der Waals surface area contributed by atoms with Gasteiger partial charge in [-0.2, -0.15) is 4.99 Å². The molecule has 84 valence electrons.